The molecular formula is C15H18ClN3O. The van der Waals surface area contributed by atoms with Crippen molar-refractivity contribution in [1.29, 1.82) is 5.26 Å². The predicted molar refractivity (Wildman–Crippen MR) is 79.8 cm³/mol. The molecule has 0 atom stereocenters. The summed E-state index contributed by atoms with van der Waals surface area (Å²) in [5, 5.41) is 14.9. The van der Waals surface area contributed by atoms with Crippen molar-refractivity contribution in [3.8, 4) is 6.07 Å². The van der Waals surface area contributed by atoms with E-state index in [1.807, 2.05) is 6.07 Å². The molecule has 1 aromatic carbocycles. The Morgan fingerprint density at radius 3 is 2.55 bits per heavy atom. The van der Waals surface area contributed by atoms with E-state index in [2.05, 4.69) is 10.6 Å². The van der Waals surface area contributed by atoms with Gasteiger partial charge in [-0.15, -0.1) is 0 Å². The molecule has 0 aliphatic heterocycles. The molecule has 0 bridgehead atoms. The van der Waals surface area contributed by atoms with Gasteiger partial charge in [0, 0.05) is 11.7 Å². The number of anilines is 1. The quantitative estimate of drug-likeness (QED) is 0.807. The molecule has 0 spiro atoms. The van der Waals surface area contributed by atoms with Gasteiger partial charge in [0.2, 0.25) is 0 Å². The third-order valence-corrected chi connectivity index (χ3v) is 3.85. The van der Waals surface area contributed by atoms with E-state index in [0.717, 1.165) is 12.8 Å². The summed E-state index contributed by atoms with van der Waals surface area (Å²) in [7, 11) is 0. The molecule has 0 heterocycles. The van der Waals surface area contributed by atoms with Gasteiger partial charge >= 0.3 is 6.03 Å². The van der Waals surface area contributed by atoms with E-state index in [0.29, 0.717) is 16.3 Å². The highest BCUT2D eigenvalue weighted by Gasteiger charge is 2.14. The summed E-state index contributed by atoms with van der Waals surface area (Å²) < 4.78 is 0. The molecule has 2 N–H and O–H groups in total. The number of carbonyl (C=O) groups is 1. The summed E-state index contributed by atoms with van der Waals surface area (Å²) in [5.74, 6) is 0. The van der Waals surface area contributed by atoms with Gasteiger partial charge in [-0.25, -0.2) is 4.79 Å². The van der Waals surface area contributed by atoms with Crippen molar-refractivity contribution in [3.05, 3.63) is 28.8 Å². The molecule has 1 aliphatic carbocycles. The summed E-state index contributed by atoms with van der Waals surface area (Å²) in [6, 6.07) is 6.90. The average molecular weight is 292 g/mol. The van der Waals surface area contributed by atoms with Gasteiger partial charge in [0.25, 0.3) is 0 Å². The lowest BCUT2D eigenvalue weighted by Gasteiger charge is -2.16. The van der Waals surface area contributed by atoms with Crippen LogP contribution < -0.4 is 10.6 Å². The number of benzene rings is 1. The minimum atomic E-state index is -0.210. The lowest BCUT2D eigenvalue weighted by molar-refractivity contribution is 0.247. The Hall–Kier alpha value is -1.73. The number of carbonyl (C=O) groups excluding carboxylic acids is 1. The lowest BCUT2D eigenvalue weighted by atomic mass is 10.1. The van der Waals surface area contributed by atoms with Crippen molar-refractivity contribution in [2.24, 2.45) is 0 Å². The Morgan fingerprint density at radius 1 is 1.25 bits per heavy atom. The molecule has 106 valence electrons. The number of rotatable bonds is 2. The molecule has 4 nitrogen and oxygen atoms in total. The van der Waals surface area contributed by atoms with Gasteiger partial charge in [0.1, 0.15) is 6.07 Å². The molecule has 0 aromatic heterocycles. The maximum absolute atomic E-state index is 11.9. The van der Waals surface area contributed by atoms with Crippen molar-refractivity contribution in [3.63, 3.8) is 0 Å². The Morgan fingerprint density at radius 2 is 1.95 bits per heavy atom. The standard InChI is InChI=1S/C15H18ClN3O/c16-14-9-13(8-7-11(14)10-17)19-15(20)18-12-5-3-1-2-4-6-12/h7-9,12H,1-6H2,(H2,18,19,20). The van der Waals surface area contributed by atoms with Gasteiger partial charge < -0.3 is 10.6 Å². The molecule has 1 fully saturated rings. The molecule has 0 radical (unpaired) electrons. The second-order valence-corrected chi connectivity index (χ2v) is 5.50. The Bertz CT molecular complexity index is 516. The fourth-order valence-electron chi connectivity index (χ4n) is 2.46. The number of urea groups is 1. The van der Waals surface area contributed by atoms with E-state index in [-0.39, 0.29) is 12.1 Å². The van der Waals surface area contributed by atoms with Crippen LogP contribution in [0.2, 0.25) is 5.02 Å². The highest BCUT2D eigenvalue weighted by molar-refractivity contribution is 6.32. The Balaban J connectivity index is 1.90. The number of nitriles is 1. The van der Waals surface area contributed by atoms with E-state index in [4.69, 9.17) is 16.9 Å². The van der Waals surface area contributed by atoms with E-state index < -0.39 is 0 Å². The van der Waals surface area contributed by atoms with Crippen LogP contribution >= 0.6 is 11.6 Å². The van der Waals surface area contributed by atoms with Gasteiger partial charge in [-0.3, -0.25) is 0 Å². The third kappa shape index (κ3) is 4.14. The van der Waals surface area contributed by atoms with Crippen LogP contribution in [0.4, 0.5) is 10.5 Å². The van der Waals surface area contributed by atoms with Crippen LogP contribution in [0.5, 0.6) is 0 Å². The SMILES string of the molecule is N#Cc1ccc(NC(=O)NC2CCCCCC2)cc1Cl. The zero-order valence-corrected chi connectivity index (χ0v) is 12.0. The number of amides is 2. The smallest absolute Gasteiger partial charge is 0.319 e. The maximum Gasteiger partial charge on any atom is 0.319 e. The fourth-order valence-corrected chi connectivity index (χ4v) is 2.68. The second kappa shape index (κ2) is 7.16. The van der Waals surface area contributed by atoms with E-state index in [9.17, 15) is 4.79 Å². The van der Waals surface area contributed by atoms with E-state index in [1.165, 1.54) is 25.7 Å². The molecule has 1 aromatic rings. The first-order valence-electron chi connectivity index (χ1n) is 6.96. The van der Waals surface area contributed by atoms with Gasteiger partial charge in [-0.2, -0.15) is 5.26 Å². The molecular weight excluding hydrogens is 274 g/mol. The molecule has 1 aliphatic rings. The summed E-state index contributed by atoms with van der Waals surface area (Å²) in [4.78, 5) is 11.9. The van der Waals surface area contributed by atoms with Crippen LogP contribution in [-0.2, 0) is 0 Å². The van der Waals surface area contributed by atoms with Gasteiger partial charge in [-0.1, -0.05) is 37.3 Å². The van der Waals surface area contributed by atoms with Gasteiger partial charge in [-0.05, 0) is 31.0 Å². The van der Waals surface area contributed by atoms with Gasteiger partial charge in [0.05, 0.1) is 10.6 Å². The summed E-state index contributed by atoms with van der Waals surface area (Å²) in [6.07, 6.45) is 6.94. The average Bonchev–Trinajstić information content (AvgIpc) is 2.67. The number of nitrogens with one attached hydrogen (secondary N) is 2. The lowest BCUT2D eigenvalue weighted by Crippen LogP contribution is -2.37. The Labute approximate surface area is 124 Å². The highest BCUT2D eigenvalue weighted by atomic mass is 35.5. The largest absolute Gasteiger partial charge is 0.335 e. The predicted octanol–water partition coefficient (Wildman–Crippen LogP) is 4.06. The highest BCUT2D eigenvalue weighted by Crippen LogP contribution is 2.21. The number of halogens is 1. The van der Waals surface area contributed by atoms with Crippen molar-refractivity contribution >= 4 is 23.3 Å². The fraction of sp³-hybridized carbons (Fsp3) is 0.467. The first-order chi connectivity index (χ1) is 9.69. The van der Waals surface area contributed by atoms with Crippen molar-refractivity contribution in [2.75, 3.05) is 5.32 Å². The molecule has 20 heavy (non-hydrogen) atoms. The molecule has 2 rings (SSSR count). The summed E-state index contributed by atoms with van der Waals surface area (Å²) >= 11 is 5.93. The van der Waals surface area contributed by atoms with Gasteiger partial charge in [0.15, 0.2) is 0 Å². The van der Waals surface area contributed by atoms with Crippen LogP contribution in [0.3, 0.4) is 0 Å². The van der Waals surface area contributed by atoms with E-state index >= 15 is 0 Å². The topological polar surface area (TPSA) is 64.9 Å². The minimum absolute atomic E-state index is 0.210. The number of hydrogen-bond donors (Lipinski definition) is 2. The van der Waals surface area contributed by atoms with Crippen LogP contribution in [0.25, 0.3) is 0 Å². The number of hydrogen-bond acceptors (Lipinski definition) is 2. The van der Waals surface area contributed by atoms with Crippen molar-refractivity contribution < 1.29 is 4.79 Å². The zero-order chi connectivity index (χ0) is 14.4. The normalized spacial score (nSPS) is 16.0. The summed E-state index contributed by atoms with van der Waals surface area (Å²) in [6.45, 7) is 0. The minimum Gasteiger partial charge on any atom is -0.335 e. The second-order valence-electron chi connectivity index (χ2n) is 5.09. The molecule has 5 heteroatoms. The molecule has 0 unspecified atom stereocenters. The maximum atomic E-state index is 11.9. The van der Waals surface area contributed by atoms with Crippen molar-refractivity contribution in [2.45, 2.75) is 44.6 Å². The summed E-state index contributed by atoms with van der Waals surface area (Å²) in [5.41, 5.74) is 1.00. The molecule has 1 saturated carbocycles. The van der Waals surface area contributed by atoms with Crippen molar-refractivity contribution in [1.82, 2.24) is 5.32 Å². The third-order valence-electron chi connectivity index (χ3n) is 3.54. The van der Waals surface area contributed by atoms with Crippen LogP contribution in [-0.4, -0.2) is 12.1 Å². The number of nitrogens with zero attached hydrogens (tertiary/aromatic N) is 1. The Kier molecular flexibility index (Phi) is 5.25. The zero-order valence-electron chi connectivity index (χ0n) is 11.3. The van der Waals surface area contributed by atoms with Crippen LogP contribution in [0.1, 0.15) is 44.1 Å². The van der Waals surface area contributed by atoms with Crippen LogP contribution in [0.15, 0.2) is 18.2 Å². The molecule has 2 amide bonds. The first-order valence-corrected chi connectivity index (χ1v) is 7.34. The first kappa shape index (κ1) is 14.7. The molecule has 0 saturated heterocycles. The van der Waals surface area contributed by atoms with E-state index in [1.54, 1.807) is 18.2 Å². The van der Waals surface area contributed by atoms with Crippen LogP contribution in [0, 0.1) is 11.3 Å². The monoisotopic (exact) mass is 291 g/mol.